The van der Waals surface area contributed by atoms with E-state index in [0.29, 0.717) is 5.57 Å². The second-order valence-electron chi connectivity index (χ2n) is 6.08. The first kappa shape index (κ1) is 18.4. The average Bonchev–Trinajstić information content (AvgIpc) is 2.93. The molecule has 2 aromatic rings. The summed E-state index contributed by atoms with van der Waals surface area (Å²) in [7, 11) is 0. The van der Waals surface area contributed by atoms with Gasteiger partial charge in [0.15, 0.2) is 0 Å². The predicted octanol–water partition coefficient (Wildman–Crippen LogP) is 5.10. The number of rotatable bonds is 5. The molecule has 1 aliphatic heterocycles. The van der Waals surface area contributed by atoms with Crippen molar-refractivity contribution in [3.63, 3.8) is 0 Å². The van der Waals surface area contributed by atoms with Gasteiger partial charge >= 0.3 is 0 Å². The van der Waals surface area contributed by atoms with E-state index in [0.717, 1.165) is 40.2 Å². The number of anilines is 2. The van der Waals surface area contributed by atoms with Gasteiger partial charge in [0.25, 0.3) is 5.91 Å². The van der Waals surface area contributed by atoms with Crippen molar-refractivity contribution >= 4 is 45.0 Å². The quantitative estimate of drug-likeness (QED) is 0.641. The molecule has 1 aliphatic rings. The van der Waals surface area contributed by atoms with Crippen molar-refractivity contribution in [1.82, 2.24) is 0 Å². The third kappa shape index (κ3) is 3.58. The van der Waals surface area contributed by atoms with Crippen LogP contribution in [-0.4, -0.2) is 24.7 Å². The molecule has 0 atom stereocenters. The van der Waals surface area contributed by atoms with E-state index in [4.69, 9.17) is 0 Å². The number of amides is 1. The zero-order valence-electron chi connectivity index (χ0n) is 15.2. The maximum absolute atomic E-state index is 12.8. The Bertz CT molecular complexity index is 870. The van der Waals surface area contributed by atoms with Crippen LogP contribution in [0.4, 0.5) is 11.4 Å². The van der Waals surface area contributed by atoms with E-state index in [1.807, 2.05) is 55.5 Å². The number of hydrogen-bond acceptors (Lipinski definition) is 3. The molecule has 0 aliphatic carbocycles. The molecule has 3 rings (SSSR count). The highest BCUT2D eigenvalue weighted by Crippen LogP contribution is 2.29. The van der Waals surface area contributed by atoms with Crippen molar-refractivity contribution in [3.05, 3.63) is 64.1 Å². The minimum atomic E-state index is -0.0994. The van der Waals surface area contributed by atoms with Gasteiger partial charge in [0.1, 0.15) is 0 Å². The van der Waals surface area contributed by atoms with Crippen LogP contribution in [0.1, 0.15) is 26.3 Å². The van der Waals surface area contributed by atoms with E-state index < -0.39 is 0 Å². The summed E-state index contributed by atoms with van der Waals surface area (Å²) in [5, 5.41) is 5.88. The van der Waals surface area contributed by atoms with Gasteiger partial charge in [-0.3, -0.25) is 4.79 Å². The summed E-state index contributed by atoms with van der Waals surface area (Å²) < 4.78 is 1.02. The largest absolute Gasteiger partial charge is 0.371 e. The van der Waals surface area contributed by atoms with Gasteiger partial charge in [-0.1, -0.05) is 24.3 Å². The summed E-state index contributed by atoms with van der Waals surface area (Å²) in [4.78, 5) is 15.1. The van der Waals surface area contributed by atoms with Crippen LogP contribution in [0.15, 0.2) is 63.7 Å². The third-order valence-corrected chi connectivity index (χ3v) is 5.09. The Balaban J connectivity index is 1.90. The number of halogens is 1. The lowest BCUT2D eigenvalue weighted by molar-refractivity contribution is -0.114. The summed E-state index contributed by atoms with van der Waals surface area (Å²) in [6.07, 6.45) is 1.90. The molecule has 0 N–H and O–H groups in total. The first-order valence-corrected chi connectivity index (χ1v) is 9.55. The lowest BCUT2D eigenvalue weighted by Crippen LogP contribution is -2.22. The number of para-hydroxylation sites is 1. The zero-order valence-corrected chi connectivity index (χ0v) is 16.8. The van der Waals surface area contributed by atoms with Gasteiger partial charge in [-0.2, -0.15) is 10.1 Å². The molecule has 4 nitrogen and oxygen atoms in total. The van der Waals surface area contributed by atoms with Gasteiger partial charge in [-0.25, -0.2) is 0 Å². The van der Waals surface area contributed by atoms with Crippen LogP contribution in [0.3, 0.4) is 0 Å². The third-order valence-electron chi connectivity index (χ3n) is 4.45. The monoisotopic (exact) mass is 411 g/mol. The van der Waals surface area contributed by atoms with E-state index in [9.17, 15) is 4.79 Å². The average molecular weight is 412 g/mol. The van der Waals surface area contributed by atoms with Gasteiger partial charge in [0.2, 0.25) is 0 Å². The van der Waals surface area contributed by atoms with Crippen LogP contribution < -0.4 is 9.91 Å². The van der Waals surface area contributed by atoms with Crippen molar-refractivity contribution in [2.75, 3.05) is 23.0 Å². The molecule has 0 bridgehead atoms. The minimum absolute atomic E-state index is 0.0994. The van der Waals surface area contributed by atoms with Crippen molar-refractivity contribution in [2.45, 2.75) is 20.8 Å². The molecule has 0 unspecified atom stereocenters. The van der Waals surface area contributed by atoms with Crippen LogP contribution >= 0.6 is 15.9 Å². The Hall–Kier alpha value is -2.40. The maximum Gasteiger partial charge on any atom is 0.280 e. The highest BCUT2D eigenvalue weighted by atomic mass is 79.9. The van der Waals surface area contributed by atoms with Gasteiger partial charge in [-0.15, -0.1) is 0 Å². The molecular formula is C21H22BrN3O. The second-order valence-corrected chi connectivity index (χ2v) is 6.93. The molecule has 26 heavy (non-hydrogen) atoms. The van der Waals surface area contributed by atoms with Crippen LogP contribution in [0.5, 0.6) is 0 Å². The van der Waals surface area contributed by atoms with Crippen LogP contribution in [0.25, 0.3) is 6.08 Å². The molecule has 0 radical (unpaired) electrons. The van der Waals surface area contributed by atoms with Gasteiger partial charge in [-0.05, 0) is 72.6 Å². The van der Waals surface area contributed by atoms with Crippen molar-refractivity contribution in [1.29, 1.82) is 0 Å². The molecule has 0 aromatic heterocycles. The summed E-state index contributed by atoms with van der Waals surface area (Å²) in [5.41, 5.74) is 4.25. The molecule has 0 saturated carbocycles. The van der Waals surface area contributed by atoms with Gasteiger partial charge in [0.05, 0.1) is 22.7 Å². The highest BCUT2D eigenvalue weighted by Gasteiger charge is 2.28. The van der Waals surface area contributed by atoms with E-state index in [2.05, 4.69) is 45.8 Å². The Labute approximate surface area is 162 Å². The SMILES string of the molecule is CCN(CC)c1ccc(/C=C2/C(=O)N(c3ccccc3)N=C2C)cc1Br. The molecule has 0 saturated heterocycles. The summed E-state index contributed by atoms with van der Waals surface area (Å²) in [6, 6.07) is 15.7. The number of nitrogens with zero attached hydrogens (tertiary/aromatic N) is 3. The lowest BCUT2D eigenvalue weighted by atomic mass is 10.1. The number of hydrogen-bond donors (Lipinski definition) is 0. The fraction of sp³-hybridized carbons (Fsp3) is 0.238. The minimum Gasteiger partial charge on any atom is -0.371 e. The Morgan fingerprint density at radius 2 is 1.81 bits per heavy atom. The zero-order chi connectivity index (χ0) is 18.7. The van der Waals surface area contributed by atoms with E-state index in [1.54, 1.807) is 0 Å². The standard InChI is InChI=1S/C21H22BrN3O/c1-4-24(5-2)20-12-11-16(14-19(20)22)13-18-15(3)23-25(21(18)26)17-9-7-6-8-10-17/h6-14H,4-5H2,1-3H3/b18-13+. The number of carbonyl (C=O) groups excluding carboxylic acids is 1. The van der Waals surface area contributed by atoms with Gasteiger partial charge in [0, 0.05) is 17.6 Å². The van der Waals surface area contributed by atoms with E-state index in [-0.39, 0.29) is 5.91 Å². The van der Waals surface area contributed by atoms with Crippen molar-refractivity contribution < 1.29 is 4.79 Å². The normalized spacial score (nSPS) is 15.5. The molecule has 1 amide bonds. The molecule has 2 aromatic carbocycles. The summed E-state index contributed by atoms with van der Waals surface area (Å²) >= 11 is 3.66. The Morgan fingerprint density at radius 1 is 1.12 bits per heavy atom. The smallest absolute Gasteiger partial charge is 0.280 e. The molecule has 0 fully saturated rings. The Morgan fingerprint density at radius 3 is 2.42 bits per heavy atom. The van der Waals surface area contributed by atoms with Crippen molar-refractivity contribution in [3.8, 4) is 0 Å². The van der Waals surface area contributed by atoms with Crippen LogP contribution in [-0.2, 0) is 4.79 Å². The van der Waals surface area contributed by atoms with Crippen LogP contribution in [0, 0.1) is 0 Å². The second kappa shape index (κ2) is 7.87. The fourth-order valence-electron chi connectivity index (χ4n) is 3.03. The first-order valence-electron chi connectivity index (χ1n) is 8.76. The lowest BCUT2D eigenvalue weighted by Gasteiger charge is -2.22. The molecule has 1 heterocycles. The fourth-order valence-corrected chi connectivity index (χ4v) is 3.68. The van der Waals surface area contributed by atoms with Gasteiger partial charge < -0.3 is 4.90 Å². The highest BCUT2D eigenvalue weighted by molar-refractivity contribution is 9.10. The number of benzene rings is 2. The first-order chi connectivity index (χ1) is 12.5. The molecule has 134 valence electrons. The molecular weight excluding hydrogens is 390 g/mol. The van der Waals surface area contributed by atoms with Crippen molar-refractivity contribution in [2.24, 2.45) is 5.10 Å². The van der Waals surface area contributed by atoms with Crippen LogP contribution in [0.2, 0.25) is 0 Å². The number of hydrazone groups is 1. The Kier molecular flexibility index (Phi) is 5.57. The summed E-state index contributed by atoms with van der Waals surface area (Å²) in [6.45, 7) is 8.05. The molecule has 5 heteroatoms. The maximum atomic E-state index is 12.8. The van der Waals surface area contributed by atoms with E-state index in [1.165, 1.54) is 5.01 Å². The summed E-state index contributed by atoms with van der Waals surface area (Å²) in [5.74, 6) is -0.0994. The number of carbonyl (C=O) groups is 1. The van der Waals surface area contributed by atoms with E-state index >= 15 is 0 Å². The topological polar surface area (TPSA) is 35.9 Å². The molecule has 0 spiro atoms. The predicted molar refractivity (Wildman–Crippen MR) is 113 cm³/mol.